The standard InChI is InChI=1S/C21H24FN3O3S/c22-17-4-6-18(7-5-17)23-20(26)14-29-15-21(27)24-19-3-1-2-16(12-19)13-25-8-10-28-11-9-25/h1-7,12H,8-11,13-15H2,(H,23,26)(H,24,27). The Morgan fingerprint density at radius 1 is 0.966 bits per heavy atom. The van der Waals surface area contributed by atoms with Gasteiger partial charge in [-0.25, -0.2) is 4.39 Å². The number of anilines is 2. The molecule has 6 nitrogen and oxygen atoms in total. The van der Waals surface area contributed by atoms with Gasteiger partial charge in [-0.3, -0.25) is 14.5 Å². The number of hydrogen-bond donors (Lipinski definition) is 2. The number of carbonyl (C=O) groups is 2. The molecule has 29 heavy (non-hydrogen) atoms. The van der Waals surface area contributed by atoms with Gasteiger partial charge in [0, 0.05) is 31.0 Å². The number of nitrogens with one attached hydrogen (secondary N) is 2. The van der Waals surface area contributed by atoms with Crippen LogP contribution in [0.2, 0.25) is 0 Å². The first-order valence-corrected chi connectivity index (χ1v) is 10.6. The second-order valence-corrected chi connectivity index (χ2v) is 7.67. The van der Waals surface area contributed by atoms with Gasteiger partial charge in [-0.05, 0) is 42.0 Å². The van der Waals surface area contributed by atoms with E-state index in [1.165, 1.54) is 36.0 Å². The number of carbonyl (C=O) groups excluding carboxylic acids is 2. The first-order valence-electron chi connectivity index (χ1n) is 9.40. The lowest BCUT2D eigenvalue weighted by Crippen LogP contribution is -2.35. The lowest BCUT2D eigenvalue weighted by Gasteiger charge is -2.26. The van der Waals surface area contributed by atoms with Crippen molar-refractivity contribution in [2.24, 2.45) is 0 Å². The molecule has 0 spiro atoms. The second kappa shape index (κ2) is 10.9. The second-order valence-electron chi connectivity index (χ2n) is 6.68. The fourth-order valence-corrected chi connectivity index (χ4v) is 3.55. The number of thioether (sulfide) groups is 1. The van der Waals surface area contributed by atoms with Crippen molar-refractivity contribution < 1.29 is 18.7 Å². The molecule has 0 saturated carbocycles. The number of benzene rings is 2. The Hall–Kier alpha value is -2.42. The number of halogens is 1. The molecule has 1 aliphatic heterocycles. The molecule has 1 heterocycles. The summed E-state index contributed by atoms with van der Waals surface area (Å²) in [5.74, 6) is -0.440. The summed E-state index contributed by atoms with van der Waals surface area (Å²) >= 11 is 1.22. The summed E-state index contributed by atoms with van der Waals surface area (Å²) in [5, 5.41) is 5.54. The summed E-state index contributed by atoms with van der Waals surface area (Å²) in [6.45, 7) is 4.15. The maximum absolute atomic E-state index is 12.9. The number of nitrogens with zero attached hydrogens (tertiary/aromatic N) is 1. The molecule has 2 N–H and O–H groups in total. The van der Waals surface area contributed by atoms with Crippen LogP contribution in [0, 0.1) is 5.82 Å². The smallest absolute Gasteiger partial charge is 0.234 e. The Balaban J connectivity index is 1.39. The number of morpholine rings is 1. The molecular formula is C21H24FN3O3S. The van der Waals surface area contributed by atoms with Crippen molar-refractivity contribution in [2.45, 2.75) is 6.54 Å². The van der Waals surface area contributed by atoms with Crippen LogP contribution in [0.1, 0.15) is 5.56 Å². The minimum atomic E-state index is -0.358. The van der Waals surface area contributed by atoms with Gasteiger partial charge >= 0.3 is 0 Å². The maximum Gasteiger partial charge on any atom is 0.234 e. The third-order valence-corrected chi connectivity index (χ3v) is 5.25. The van der Waals surface area contributed by atoms with Crippen molar-refractivity contribution in [3.63, 3.8) is 0 Å². The van der Waals surface area contributed by atoms with Crippen molar-refractivity contribution in [1.29, 1.82) is 0 Å². The Morgan fingerprint density at radius 2 is 1.62 bits per heavy atom. The summed E-state index contributed by atoms with van der Waals surface area (Å²) < 4.78 is 18.2. The molecule has 154 valence electrons. The van der Waals surface area contributed by atoms with E-state index in [1.807, 2.05) is 24.3 Å². The predicted octanol–water partition coefficient (Wildman–Crippen LogP) is 2.97. The van der Waals surface area contributed by atoms with Gasteiger partial charge in [-0.15, -0.1) is 11.8 Å². The van der Waals surface area contributed by atoms with Gasteiger partial charge in [0.2, 0.25) is 11.8 Å². The molecule has 1 saturated heterocycles. The molecule has 2 aromatic rings. The molecule has 3 rings (SSSR count). The van der Waals surface area contributed by atoms with E-state index >= 15 is 0 Å². The van der Waals surface area contributed by atoms with E-state index in [-0.39, 0.29) is 29.1 Å². The highest BCUT2D eigenvalue weighted by atomic mass is 32.2. The minimum absolute atomic E-state index is 0.141. The Kier molecular flexibility index (Phi) is 8.03. The topological polar surface area (TPSA) is 70.7 Å². The normalized spacial score (nSPS) is 14.4. The van der Waals surface area contributed by atoms with Crippen LogP contribution >= 0.6 is 11.8 Å². The van der Waals surface area contributed by atoms with E-state index in [0.29, 0.717) is 5.69 Å². The molecule has 2 aromatic carbocycles. The minimum Gasteiger partial charge on any atom is -0.379 e. The highest BCUT2D eigenvalue weighted by molar-refractivity contribution is 8.00. The molecule has 2 amide bonds. The molecule has 0 atom stereocenters. The molecule has 0 aliphatic carbocycles. The average Bonchev–Trinajstić information content (AvgIpc) is 2.71. The van der Waals surface area contributed by atoms with Crippen molar-refractivity contribution >= 4 is 35.0 Å². The summed E-state index contributed by atoms with van der Waals surface area (Å²) in [6.07, 6.45) is 0. The van der Waals surface area contributed by atoms with E-state index in [0.717, 1.165) is 44.1 Å². The number of amides is 2. The van der Waals surface area contributed by atoms with Crippen molar-refractivity contribution in [3.8, 4) is 0 Å². The number of rotatable bonds is 8. The van der Waals surface area contributed by atoms with Crippen LogP contribution in [0.3, 0.4) is 0 Å². The monoisotopic (exact) mass is 417 g/mol. The zero-order valence-electron chi connectivity index (χ0n) is 16.0. The van der Waals surface area contributed by atoms with Gasteiger partial charge in [-0.2, -0.15) is 0 Å². The summed E-state index contributed by atoms with van der Waals surface area (Å²) in [7, 11) is 0. The van der Waals surface area contributed by atoms with Gasteiger partial charge in [0.05, 0.1) is 24.7 Å². The van der Waals surface area contributed by atoms with E-state index in [2.05, 4.69) is 15.5 Å². The Bertz CT molecular complexity index is 826. The van der Waals surface area contributed by atoms with Crippen LogP contribution in [0.5, 0.6) is 0 Å². The highest BCUT2D eigenvalue weighted by Crippen LogP contribution is 2.15. The summed E-state index contributed by atoms with van der Waals surface area (Å²) in [6, 6.07) is 13.3. The highest BCUT2D eigenvalue weighted by Gasteiger charge is 2.11. The predicted molar refractivity (Wildman–Crippen MR) is 114 cm³/mol. The van der Waals surface area contributed by atoms with Crippen LogP contribution < -0.4 is 10.6 Å². The van der Waals surface area contributed by atoms with Crippen molar-refractivity contribution in [3.05, 3.63) is 59.9 Å². The van der Waals surface area contributed by atoms with E-state index in [9.17, 15) is 14.0 Å². The summed E-state index contributed by atoms with van der Waals surface area (Å²) in [4.78, 5) is 26.4. The van der Waals surface area contributed by atoms with Crippen LogP contribution in [-0.4, -0.2) is 54.5 Å². The SMILES string of the molecule is O=C(CSCC(=O)Nc1cccc(CN2CCOCC2)c1)Nc1ccc(F)cc1. The fraction of sp³-hybridized carbons (Fsp3) is 0.333. The van der Waals surface area contributed by atoms with Crippen LogP contribution in [0.4, 0.5) is 15.8 Å². The maximum atomic E-state index is 12.9. The largest absolute Gasteiger partial charge is 0.379 e. The van der Waals surface area contributed by atoms with Gasteiger partial charge in [0.15, 0.2) is 0 Å². The van der Waals surface area contributed by atoms with Crippen LogP contribution in [0.25, 0.3) is 0 Å². The number of ether oxygens (including phenoxy) is 1. The van der Waals surface area contributed by atoms with Crippen LogP contribution in [0.15, 0.2) is 48.5 Å². The average molecular weight is 418 g/mol. The van der Waals surface area contributed by atoms with Gasteiger partial charge in [0.1, 0.15) is 5.82 Å². The fourth-order valence-electron chi connectivity index (χ4n) is 2.93. The third kappa shape index (κ3) is 7.49. The van der Waals surface area contributed by atoms with Crippen LogP contribution in [-0.2, 0) is 20.9 Å². The molecule has 0 aromatic heterocycles. The van der Waals surface area contributed by atoms with Gasteiger partial charge in [0.25, 0.3) is 0 Å². The lowest BCUT2D eigenvalue weighted by atomic mass is 10.2. The van der Waals surface area contributed by atoms with E-state index in [1.54, 1.807) is 0 Å². The Morgan fingerprint density at radius 3 is 2.31 bits per heavy atom. The number of hydrogen-bond acceptors (Lipinski definition) is 5. The van der Waals surface area contributed by atoms with Gasteiger partial charge in [-0.1, -0.05) is 12.1 Å². The zero-order valence-corrected chi connectivity index (χ0v) is 16.8. The van der Waals surface area contributed by atoms with Crippen molar-refractivity contribution in [1.82, 2.24) is 4.90 Å². The molecule has 0 radical (unpaired) electrons. The third-order valence-electron chi connectivity index (χ3n) is 4.31. The van der Waals surface area contributed by atoms with Crippen molar-refractivity contribution in [2.75, 3.05) is 48.4 Å². The molecular weight excluding hydrogens is 393 g/mol. The first kappa shape index (κ1) is 21.3. The quantitative estimate of drug-likeness (QED) is 0.691. The molecule has 8 heteroatoms. The van der Waals surface area contributed by atoms with Gasteiger partial charge < -0.3 is 15.4 Å². The Labute approximate surface area is 173 Å². The molecule has 1 aliphatic rings. The molecule has 0 unspecified atom stereocenters. The lowest BCUT2D eigenvalue weighted by molar-refractivity contribution is -0.114. The zero-order chi connectivity index (χ0) is 20.5. The first-order chi connectivity index (χ1) is 14.1. The van der Waals surface area contributed by atoms with E-state index in [4.69, 9.17) is 4.74 Å². The van der Waals surface area contributed by atoms with E-state index < -0.39 is 0 Å². The summed E-state index contributed by atoms with van der Waals surface area (Å²) in [5.41, 5.74) is 2.41. The molecule has 1 fully saturated rings. The molecule has 0 bridgehead atoms.